The van der Waals surface area contributed by atoms with Gasteiger partial charge < -0.3 is 5.32 Å². The molecule has 0 saturated carbocycles. The second-order valence-corrected chi connectivity index (χ2v) is 8.81. The molecule has 37 heavy (non-hydrogen) atoms. The minimum atomic E-state index is -0.243. The summed E-state index contributed by atoms with van der Waals surface area (Å²) in [5, 5.41) is 7.07. The summed E-state index contributed by atoms with van der Waals surface area (Å²) in [5.41, 5.74) is 6.22. The van der Waals surface area contributed by atoms with Gasteiger partial charge in [0.15, 0.2) is 5.65 Å². The van der Waals surface area contributed by atoms with E-state index < -0.39 is 0 Å². The zero-order chi connectivity index (χ0) is 25.4. The van der Waals surface area contributed by atoms with Crippen molar-refractivity contribution >= 4 is 22.5 Å². The molecule has 0 aliphatic carbocycles. The number of nitrogens with one attached hydrogen (secondary N) is 2. The number of carbonyl (C=O) groups excluding carboxylic acids is 1. The van der Waals surface area contributed by atoms with Gasteiger partial charge in [0.25, 0.3) is 5.56 Å². The van der Waals surface area contributed by atoms with Crippen LogP contribution in [0, 0.1) is 0 Å². The van der Waals surface area contributed by atoms with E-state index in [0.717, 1.165) is 33.3 Å². The second kappa shape index (κ2) is 9.20. The summed E-state index contributed by atoms with van der Waals surface area (Å²) < 4.78 is 1.50. The van der Waals surface area contributed by atoms with Gasteiger partial charge in [-0.2, -0.15) is 4.52 Å². The number of nitrogens with zero attached hydrogens (tertiary/aromatic N) is 3. The zero-order valence-electron chi connectivity index (χ0n) is 20.1. The van der Waals surface area contributed by atoms with Gasteiger partial charge >= 0.3 is 0 Å². The van der Waals surface area contributed by atoms with Crippen LogP contribution in [0.5, 0.6) is 0 Å². The number of benzene rings is 3. The van der Waals surface area contributed by atoms with Crippen molar-refractivity contribution < 1.29 is 4.79 Å². The highest BCUT2D eigenvalue weighted by Gasteiger charge is 2.22. The molecule has 6 rings (SSSR count). The molecule has 0 unspecified atom stereocenters. The average molecular weight is 486 g/mol. The number of aromatic nitrogens is 4. The average Bonchev–Trinajstić information content (AvgIpc) is 3.32. The molecule has 3 heterocycles. The monoisotopic (exact) mass is 485 g/mol. The molecule has 6 aromatic rings. The Hall–Kier alpha value is -5.04. The van der Waals surface area contributed by atoms with Crippen molar-refractivity contribution in [2.24, 2.45) is 0 Å². The van der Waals surface area contributed by atoms with E-state index >= 15 is 0 Å². The smallest absolute Gasteiger partial charge is 0.280 e. The summed E-state index contributed by atoms with van der Waals surface area (Å²) >= 11 is 0. The first kappa shape index (κ1) is 22.4. The van der Waals surface area contributed by atoms with E-state index in [1.165, 1.54) is 11.4 Å². The van der Waals surface area contributed by atoms with Crippen LogP contribution in [0.3, 0.4) is 0 Å². The lowest BCUT2D eigenvalue weighted by atomic mass is 10.0. The number of H-pyrrole nitrogens is 1. The highest BCUT2D eigenvalue weighted by atomic mass is 16.1. The first-order chi connectivity index (χ1) is 18.1. The highest BCUT2D eigenvalue weighted by molar-refractivity contribution is 5.91. The molecule has 0 radical (unpaired) electrons. The summed E-state index contributed by atoms with van der Waals surface area (Å²) in [6, 6.07) is 29.3. The number of rotatable bonds is 5. The number of hydrogen-bond acceptors (Lipinski definition) is 4. The van der Waals surface area contributed by atoms with Crippen LogP contribution in [0.25, 0.3) is 50.1 Å². The Morgan fingerprint density at radius 3 is 2.32 bits per heavy atom. The molecule has 2 N–H and O–H groups in total. The van der Waals surface area contributed by atoms with E-state index in [1.54, 1.807) is 6.20 Å². The molecular formula is C30H23N5O2. The molecule has 0 aliphatic rings. The molecule has 0 bridgehead atoms. The predicted molar refractivity (Wildman–Crippen MR) is 145 cm³/mol. The normalized spacial score (nSPS) is 11.2. The third kappa shape index (κ3) is 4.06. The lowest BCUT2D eigenvalue weighted by molar-refractivity contribution is -0.119. The maximum Gasteiger partial charge on any atom is 0.280 e. The van der Waals surface area contributed by atoms with Crippen molar-refractivity contribution in [2.45, 2.75) is 13.5 Å². The van der Waals surface area contributed by atoms with Gasteiger partial charge in [-0.3, -0.25) is 19.7 Å². The van der Waals surface area contributed by atoms with Crippen molar-refractivity contribution in [3.8, 4) is 33.5 Å². The van der Waals surface area contributed by atoms with Crippen LogP contribution >= 0.6 is 0 Å². The SMILES string of the molecule is CC(=O)NCc1nc2c(-c3ccccc3)c(-c3ccccc3)[nH]n2c(=O)c1-c1ccc2ncccc2c1. The number of fused-ring (bicyclic) bond motifs is 2. The topological polar surface area (TPSA) is 92.1 Å². The molecule has 7 heteroatoms. The molecule has 3 aromatic heterocycles. The molecule has 0 saturated heterocycles. The molecular weight excluding hydrogens is 462 g/mol. The Kier molecular flexibility index (Phi) is 5.58. The predicted octanol–water partition coefficient (Wildman–Crippen LogP) is 5.21. The largest absolute Gasteiger partial charge is 0.351 e. The number of pyridine rings is 1. The molecule has 180 valence electrons. The van der Waals surface area contributed by atoms with Gasteiger partial charge in [-0.1, -0.05) is 72.8 Å². The molecule has 0 aliphatic heterocycles. The van der Waals surface area contributed by atoms with Gasteiger partial charge in [0, 0.05) is 24.1 Å². The lowest BCUT2D eigenvalue weighted by Gasteiger charge is -2.11. The van der Waals surface area contributed by atoms with E-state index in [1.807, 2.05) is 91.0 Å². The highest BCUT2D eigenvalue weighted by Crippen LogP contribution is 2.35. The van der Waals surface area contributed by atoms with Crippen LogP contribution in [0.4, 0.5) is 0 Å². The summed E-state index contributed by atoms with van der Waals surface area (Å²) in [7, 11) is 0. The van der Waals surface area contributed by atoms with Crippen molar-refractivity contribution in [1.29, 1.82) is 0 Å². The first-order valence-corrected chi connectivity index (χ1v) is 12.0. The molecule has 0 atom stereocenters. The van der Waals surface area contributed by atoms with E-state index in [9.17, 15) is 9.59 Å². The first-order valence-electron chi connectivity index (χ1n) is 12.0. The van der Waals surface area contributed by atoms with Crippen LogP contribution in [0.15, 0.2) is 102 Å². The number of amides is 1. The Bertz CT molecular complexity index is 1820. The quantitative estimate of drug-likeness (QED) is 0.351. The van der Waals surface area contributed by atoms with E-state index in [2.05, 4.69) is 15.4 Å². The molecule has 3 aromatic carbocycles. The third-order valence-electron chi connectivity index (χ3n) is 6.38. The van der Waals surface area contributed by atoms with E-state index in [0.29, 0.717) is 22.5 Å². The summed E-state index contributed by atoms with van der Waals surface area (Å²) in [4.78, 5) is 35.3. The van der Waals surface area contributed by atoms with Crippen LogP contribution < -0.4 is 10.9 Å². The van der Waals surface area contributed by atoms with Gasteiger partial charge in [-0.15, -0.1) is 0 Å². The van der Waals surface area contributed by atoms with Gasteiger partial charge in [-0.25, -0.2) is 4.98 Å². The zero-order valence-corrected chi connectivity index (χ0v) is 20.1. The van der Waals surface area contributed by atoms with E-state index in [4.69, 9.17) is 4.98 Å². The Balaban J connectivity index is 1.68. The van der Waals surface area contributed by atoms with E-state index in [-0.39, 0.29) is 18.0 Å². The molecule has 0 fully saturated rings. The fraction of sp³-hybridized carbons (Fsp3) is 0.0667. The second-order valence-electron chi connectivity index (χ2n) is 8.81. The number of carbonyl (C=O) groups is 1. The van der Waals surface area contributed by atoms with Gasteiger partial charge in [0.1, 0.15) is 0 Å². The maximum atomic E-state index is 14.1. The van der Waals surface area contributed by atoms with Crippen molar-refractivity contribution in [2.75, 3.05) is 0 Å². The Labute approximate surface area is 212 Å². The minimum Gasteiger partial charge on any atom is -0.351 e. The number of hydrogen-bond donors (Lipinski definition) is 2. The van der Waals surface area contributed by atoms with Crippen molar-refractivity contribution in [3.05, 3.63) is 113 Å². The van der Waals surface area contributed by atoms with Crippen LogP contribution in [-0.4, -0.2) is 25.5 Å². The lowest BCUT2D eigenvalue weighted by Crippen LogP contribution is -2.25. The summed E-state index contributed by atoms with van der Waals surface area (Å²) in [6.07, 6.45) is 1.74. The van der Waals surface area contributed by atoms with Gasteiger partial charge in [-0.05, 0) is 29.3 Å². The molecule has 1 amide bonds. The van der Waals surface area contributed by atoms with Crippen LogP contribution in [0.2, 0.25) is 0 Å². The Morgan fingerprint density at radius 2 is 1.59 bits per heavy atom. The molecule has 0 spiro atoms. The van der Waals surface area contributed by atoms with Gasteiger partial charge in [0.05, 0.1) is 34.6 Å². The fourth-order valence-electron chi connectivity index (χ4n) is 4.67. The molecule has 7 nitrogen and oxygen atoms in total. The van der Waals surface area contributed by atoms with Crippen molar-refractivity contribution in [3.63, 3.8) is 0 Å². The maximum absolute atomic E-state index is 14.1. The van der Waals surface area contributed by atoms with Gasteiger partial charge in [0.2, 0.25) is 5.91 Å². The standard InChI is InChI=1S/C30H23N5O2/c1-19(36)32-18-25-26(23-14-15-24-22(17-23)13-8-16-31-24)30(37)35-29(33-25)27(20-9-4-2-5-10-20)28(34-35)21-11-6-3-7-12-21/h2-17,34H,18H2,1H3,(H,32,36). The van der Waals surface area contributed by atoms with Crippen LogP contribution in [-0.2, 0) is 11.3 Å². The fourth-order valence-corrected chi connectivity index (χ4v) is 4.67. The van der Waals surface area contributed by atoms with Crippen LogP contribution in [0.1, 0.15) is 12.6 Å². The minimum absolute atomic E-state index is 0.127. The number of aromatic amines is 1. The summed E-state index contributed by atoms with van der Waals surface area (Å²) in [6.45, 7) is 1.58. The Morgan fingerprint density at radius 1 is 0.865 bits per heavy atom. The van der Waals surface area contributed by atoms with Crippen molar-refractivity contribution in [1.82, 2.24) is 24.9 Å². The third-order valence-corrected chi connectivity index (χ3v) is 6.38. The summed E-state index contributed by atoms with van der Waals surface area (Å²) in [5.74, 6) is -0.196.